The molecule has 11 nitrogen and oxygen atoms in total. The third-order valence-electron chi connectivity index (χ3n) is 4.96. The van der Waals surface area contributed by atoms with Gasteiger partial charge in [-0.2, -0.15) is 13.5 Å². The first-order chi connectivity index (χ1) is 11.7. The van der Waals surface area contributed by atoms with Crippen molar-refractivity contribution in [3.8, 4) is 0 Å². The van der Waals surface area contributed by atoms with Gasteiger partial charge < -0.3 is 4.90 Å². The molecule has 1 aliphatic carbocycles. The minimum Gasteiger partial charge on any atom is -0.309 e. The van der Waals surface area contributed by atoms with Gasteiger partial charge in [-0.1, -0.05) is 12.8 Å². The minimum atomic E-state index is -4.85. The Kier molecular flexibility index (Phi) is 4.70. The summed E-state index contributed by atoms with van der Waals surface area (Å²) in [7, 11) is -4.85. The number of carbonyl (C=O) groups excluding carboxylic acids is 3. The van der Waals surface area contributed by atoms with Crippen LogP contribution in [0.3, 0.4) is 0 Å². The zero-order valence-corrected chi connectivity index (χ0v) is 14.2. The van der Waals surface area contributed by atoms with Gasteiger partial charge in [0.2, 0.25) is 5.91 Å². The predicted octanol–water partition coefficient (Wildman–Crippen LogP) is -0.591. The summed E-state index contributed by atoms with van der Waals surface area (Å²) < 4.78 is 34.8. The second kappa shape index (κ2) is 6.52. The lowest BCUT2D eigenvalue weighted by molar-refractivity contribution is -0.151. The maximum absolute atomic E-state index is 12.6. The van der Waals surface area contributed by atoms with Crippen LogP contribution >= 0.6 is 0 Å². The van der Waals surface area contributed by atoms with Crippen molar-refractivity contribution in [2.45, 2.75) is 50.6 Å². The molecule has 3 rings (SSSR count). The first-order valence-electron chi connectivity index (χ1n) is 8.08. The predicted molar refractivity (Wildman–Crippen MR) is 81.4 cm³/mol. The molecule has 2 heterocycles. The fraction of sp³-hybridized carbons (Fsp3) is 0.769. The van der Waals surface area contributed by atoms with Crippen LogP contribution < -0.4 is 5.84 Å². The lowest BCUT2D eigenvalue weighted by Gasteiger charge is -2.31. The molecular weight excluding hydrogens is 356 g/mol. The molecule has 0 spiro atoms. The number of nitrogens with two attached hydrogens (primary N) is 1. The topological polar surface area (TPSA) is 151 Å². The Balaban J connectivity index is 1.70. The molecule has 1 saturated carbocycles. The molecule has 0 radical (unpaired) electrons. The van der Waals surface area contributed by atoms with Gasteiger partial charge in [-0.15, -0.1) is 4.28 Å². The van der Waals surface area contributed by atoms with Crippen molar-refractivity contribution in [3.63, 3.8) is 0 Å². The molecule has 3 aliphatic rings. The van der Waals surface area contributed by atoms with Crippen LogP contribution in [0.1, 0.15) is 38.5 Å². The summed E-state index contributed by atoms with van der Waals surface area (Å²) in [5.74, 6) is 4.27. The Morgan fingerprint density at radius 3 is 2.40 bits per heavy atom. The number of fused-ring (bicyclic) bond motifs is 2. The Labute approximate surface area is 144 Å². The zero-order chi connectivity index (χ0) is 18.4. The fourth-order valence-electron chi connectivity index (χ4n) is 3.73. The summed E-state index contributed by atoms with van der Waals surface area (Å²) in [5.41, 5.74) is 0. The molecule has 0 aromatic heterocycles. The first-order valence-corrected chi connectivity index (χ1v) is 9.45. The Morgan fingerprint density at radius 2 is 1.80 bits per heavy atom. The van der Waals surface area contributed by atoms with Crippen molar-refractivity contribution >= 4 is 28.2 Å². The van der Waals surface area contributed by atoms with Crippen LogP contribution in [0.2, 0.25) is 0 Å². The molecule has 3 fully saturated rings. The van der Waals surface area contributed by atoms with Gasteiger partial charge in [-0.05, 0) is 25.7 Å². The quantitative estimate of drug-likeness (QED) is 0.217. The molecule has 2 atom stereocenters. The monoisotopic (exact) mass is 376 g/mol. The lowest BCUT2D eigenvalue weighted by atomic mass is 9.99. The van der Waals surface area contributed by atoms with Gasteiger partial charge in [0.1, 0.15) is 6.04 Å². The maximum Gasteiger partial charge on any atom is 0.418 e. The van der Waals surface area contributed by atoms with E-state index >= 15 is 0 Å². The van der Waals surface area contributed by atoms with Crippen LogP contribution in [-0.2, 0) is 24.3 Å². The van der Waals surface area contributed by atoms with Crippen molar-refractivity contribution < 1.29 is 31.6 Å². The third-order valence-corrected chi connectivity index (χ3v) is 5.31. The number of rotatable bonds is 4. The van der Waals surface area contributed by atoms with Crippen LogP contribution in [0.15, 0.2) is 0 Å². The molecule has 2 unspecified atom stereocenters. The highest BCUT2D eigenvalue weighted by Crippen LogP contribution is 2.32. The van der Waals surface area contributed by atoms with Gasteiger partial charge in [0, 0.05) is 12.5 Å². The second-order valence-corrected chi connectivity index (χ2v) is 7.54. The average molecular weight is 376 g/mol. The van der Waals surface area contributed by atoms with Crippen LogP contribution in [0.25, 0.3) is 0 Å². The molecule has 12 heteroatoms. The molecule has 2 bridgehead atoms. The SMILES string of the molecule is NN(C(=O)C1CCCC1)C(=O)C1CCC2CN1C(=O)N2OS(=O)(=O)O. The average Bonchev–Trinajstić information content (AvgIpc) is 3.16. The molecule has 4 amide bonds. The molecule has 25 heavy (non-hydrogen) atoms. The van der Waals surface area contributed by atoms with E-state index in [1.165, 1.54) is 0 Å². The van der Waals surface area contributed by atoms with E-state index in [1.54, 1.807) is 0 Å². The standard InChI is InChI=1S/C13H20N4O7S/c14-16(11(18)8-3-1-2-4-8)12(19)10-6-5-9-7-15(10)13(20)17(9)24-25(21,22)23/h8-10H,1-7,14H2,(H,21,22,23). The molecule has 0 aromatic rings. The highest BCUT2D eigenvalue weighted by atomic mass is 32.3. The molecular formula is C13H20N4O7S. The van der Waals surface area contributed by atoms with Crippen LogP contribution in [0.5, 0.6) is 0 Å². The molecule has 3 N–H and O–H groups in total. The fourth-order valence-corrected chi connectivity index (χ4v) is 4.12. The number of nitrogens with zero attached hydrogens (tertiary/aromatic N) is 3. The Bertz CT molecular complexity index is 690. The first kappa shape index (κ1) is 18.0. The number of carbonyl (C=O) groups is 3. The van der Waals surface area contributed by atoms with Gasteiger partial charge in [-0.25, -0.2) is 15.6 Å². The van der Waals surface area contributed by atoms with Crippen molar-refractivity contribution in [3.05, 3.63) is 0 Å². The summed E-state index contributed by atoms with van der Waals surface area (Å²) in [5, 5.41) is 1.13. The molecule has 2 saturated heterocycles. The number of hydrazine groups is 1. The number of piperidine rings is 1. The van der Waals surface area contributed by atoms with Gasteiger partial charge in [0.15, 0.2) is 0 Å². The third kappa shape index (κ3) is 3.47. The van der Waals surface area contributed by atoms with E-state index < -0.39 is 40.3 Å². The van der Waals surface area contributed by atoms with Crippen molar-refractivity contribution in [2.24, 2.45) is 11.8 Å². The Hall–Kier alpha value is -1.76. The van der Waals surface area contributed by atoms with E-state index in [4.69, 9.17) is 10.4 Å². The van der Waals surface area contributed by atoms with Gasteiger partial charge in [0.05, 0.1) is 6.04 Å². The maximum atomic E-state index is 12.6. The second-order valence-electron chi connectivity index (χ2n) is 6.54. The van der Waals surface area contributed by atoms with Crippen molar-refractivity contribution in [2.75, 3.05) is 6.54 Å². The number of urea groups is 1. The number of hydroxylamine groups is 2. The van der Waals surface area contributed by atoms with Gasteiger partial charge >= 0.3 is 16.4 Å². The van der Waals surface area contributed by atoms with Crippen LogP contribution in [-0.4, -0.2) is 64.4 Å². The van der Waals surface area contributed by atoms with Crippen molar-refractivity contribution in [1.29, 1.82) is 0 Å². The van der Waals surface area contributed by atoms with E-state index in [9.17, 15) is 22.8 Å². The number of imide groups is 1. The highest BCUT2D eigenvalue weighted by molar-refractivity contribution is 7.80. The van der Waals surface area contributed by atoms with E-state index in [-0.39, 0.29) is 25.3 Å². The summed E-state index contributed by atoms with van der Waals surface area (Å²) in [4.78, 5) is 38.3. The van der Waals surface area contributed by atoms with Crippen molar-refractivity contribution in [1.82, 2.24) is 15.0 Å². The number of amides is 4. The van der Waals surface area contributed by atoms with E-state index in [2.05, 4.69) is 4.28 Å². The van der Waals surface area contributed by atoms with E-state index in [0.29, 0.717) is 22.9 Å². The van der Waals surface area contributed by atoms with E-state index in [0.717, 1.165) is 17.7 Å². The minimum absolute atomic E-state index is 0.0518. The molecule has 2 aliphatic heterocycles. The summed E-state index contributed by atoms with van der Waals surface area (Å²) in [6.07, 6.45) is 3.69. The highest BCUT2D eigenvalue weighted by Gasteiger charge is 2.50. The molecule has 0 aromatic carbocycles. The summed E-state index contributed by atoms with van der Waals surface area (Å²) in [6, 6.07) is -2.43. The largest absolute Gasteiger partial charge is 0.418 e. The normalized spacial score (nSPS) is 27.0. The smallest absolute Gasteiger partial charge is 0.309 e. The molecule has 140 valence electrons. The number of hydrogen-bond acceptors (Lipinski definition) is 7. The van der Waals surface area contributed by atoms with Crippen LogP contribution in [0, 0.1) is 5.92 Å². The lowest BCUT2D eigenvalue weighted by Crippen LogP contribution is -2.56. The van der Waals surface area contributed by atoms with Crippen LogP contribution in [0.4, 0.5) is 4.79 Å². The summed E-state index contributed by atoms with van der Waals surface area (Å²) in [6.45, 7) is 0.0518. The summed E-state index contributed by atoms with van der Waals surface area (Å²) >= 11 is 0. The van der Waals surface area contributed by atoms with E-state index in [1.807, 2.05) is 0 Å². The van der Waals surface area contributed by atoms with Gasteiger partial charge in [0.25, 0.3) is 5.91 Å². The Morgan fingerprint density at radius 1 is 1.16 bits per heavy atom. The van der Waals surface area contributed by atoms with Gasteiger partial charge in [-0.3, -0.25) is 14.1 Å². The zero-order valence-electron chi connectivity index (χ0n) is 13.4. The number of hydrogen-bond donors (Lipinski definition) is 2.